The lowest BCUT2D eigenvalue weighted by Crippen LogP contribution is -2.44. The molecule has 0 aromatic carbocycles. The Morgan fingerprint density at radius 2 is 0.731 bits per heavy atom. The molecule has 0 spiro atoms. The Labute approximate surface area is 367 Å². The molecule has 8 atom stereocenters. The molecule has 0 aromatic rings. The molecule has 0 aliphatic heterocycles. The van der Waals surface area contributed by atoms with Crippen molar-refractivity contribution in [3.63, 3.8) is 0 Å². The molecule has 2 aliphatic carbocycles. The average molecular weight is 1060 g/mol. The lowest BCUT2D eigenvalue weighted by molar-refractivity contribution is -0.265. The van der Waals surface area contributed by atoms with E-state index in [1.165, 1.54) is 0 Å². The predicted octanol–water partition coefficient (Wildman–Crippen LogP) is 17.4. The number of halogens is 28. The fourth-order valence-corrected chi connectivity index (χ4v) is 6.39. The van der Waals surface area contributed by atoms with E-state index in [0.29, 0.717) is 33.6 Å². The van der Waals surface area contributed by atoms with Gasteiger partial charge in [-0.2, -0.15) is 79.0 Å². The van der Waals surface area contributed by atoms with Gasteiger partial charge < -0.3 is 4.74 Å². The number of alkyl halides is 28. The molecule has 0 amide bonds. The van der Waals surface area contributed by atoms with Crippen LogP contribution in [0.15, 0.2) is 0 Å². The summed E-state index contributed by atoms with van der Waals surface area (Å²) < 4.78 is 351. The maximum absolute atomic E-state index is 13.9. The van der Waals surface area contributed by atoms with Crippen LogP contribution in [-0.2, 0) is 4.74 Å². The number of hydrogen-bond acceptors (Lipinski definition) is 1. The van der Waals surface area contributed by atoms with E-state index in [1.807, 2.05) is 0 Å². The summed E-state index contributed by atoms with van der Waals surface area (Å²) in [6.07, 6.45) is -31.7. The van der Waals surface area contributed by atoms with Crippen LogP contribution >= 0.6 is 0 Å². The summed E-state index contributed by atoms with van der Waals surface area (Å²) in [6.45, 7) is -2.18. The molecule has 8 unspecified atom stereocenters. The molecule has 2 rings (SSSR count). The summed E-state index contributed by atoms with van der Waals surface area (Å²) in [7, 11) is 0. The maximum Gasteiger partial charge on any atom is 0.419 e. The minimum absolute atomic E-state index is 0.0456. The van der Waals surface area contributed by atoms with E-state index in [9.17, 15) is 123 Å². The SMILES string of the molecule is CC(C(F)(F)F)C(F)(F)C1CCCC(CF)C1.CC(C(F)(F)F)C(F)(F)COCC(F)(F)C(C)C(F)(F)F.CC(CC1CCC(C(F)(F)C(C)C(F)(F)F)CC1)C(F)(F)F.CC(F)C(F)(F)F. The van der Waals surface area contributed by atoms with Gasteiger partial charge in [-0.1, -0.05) is 13.3 Å². The van der Waals surface area contributed by atoms with Crippen LogP contribution < -0.4 is 0 Å². The summed E-state index contributed by atoms with van der Waals surface area (Å²) in [5, 5.41) is 0. The van der Waals surface area contributed by atoms with E-state index in [-0.39, 0.29) is 64.7 Å². The molecule has 67 heavy (non-hydrogen) atoms. The highest BCUT2D eigenvalue weighted by Crippen LogP contribution is 2.50. The molecular weight excluding hydrogens is 1000 g/mol. The molecule has 0 bridgehead atoms. The summed E-state index contributed by atoms with van der Waals surface area (Å²) in [6, 6.07) is 0. The molecule has 2 saturated carbocycles. The second-order valence-electron chi connectivity index (χ2n) is 16.9. The third-order valence-corrected chi connectivity index (χ3v) is 11.6. The molecule has 1 nitrogen and oxygen atoms in total. The van der Waals surface area contributed by atoms with Crippen molar-refractivity contribution in [2.45, 2.75) is 166 Å². The fraction of sp³-hybridized carbons (Fsp3) is 1.00. The zero-order chi connectivity index (χ0) is 54.0. The van der Waals surface area contributed by atoms with Crippen LogP contribution in [0, 0.1) is 53.3 Å². The van der Waals surface area contributed by atoms with Crippen molar-refractivity contribution in [3.05, 3.63) is 0 Å². The molecule has 0 heterocycles. The highest BCUT2D eigenvalue weighted by Gasteiger charge is 2.59. The smallest absolute Gasteiger partial charge is 0.369 e. The van der Waals surface area contributed by atoms with Crippen molar-refractivity contribution in [1.29, 1.82) is 0 Å². The van der Waals surface area contributed by atoms with Gasteiger partial charge in [0.05, 0.1) is 12.6 Å². The topological polar surface area (TPSA) is 9.23 Å². The number of rotatable bonds is 13. The second kappa shape index (κ2) is 24.9. The van der Waals surface area contributed by atoms with Gasteiger partial charge in [-0.3, -0.25) is 4.39 Å². The molecule has 0 radical (unpaired) electrons. The molecule has 0 saturated heterocycles. The van der Waals surface area contributed by atoms with E-state index in [1.54, 1.807) is 0 Å². The summed E-state index contributed by atoms with van der Waals surface area (Å²) in [5.41, 5.74) is 0. The first-order chi connectivity index (χ1) is 29.4. The fourth-order valence-electron chi connectivity index (χ4n) is 6.39. The van der Waals surface area contributed by atoms with Crippen molar-refractivity contribution in [1.82, 2.24) is 0 Å². The third-order valence-electron chi connectivity index (χ3n) is 11.6. The molecule has 2 fully saturated rings. The van der Waals surface area contributed by atoms with Crippen LogP contribution in [0.4, 0.5) is 123 Å². The third kappa shape index (κ3) is 22.7. The molecule has 0 N–H and O–H groups in total. The second-order valence-corrected chi connectivity index (χ2v) is 16.9. The number of ether oxygens (including phenoxy) is 1. The van der Waals surface area contributed by atoms with E-state index < -0.39 is 134 Å². The van der Waals surface area contributed by atoms with Gasteiger partial charge in [-0.15, -0.1) is 0 Å². The van der Waals surface area contributed by atoms with Gasteiger partial charge in [0.25, 0.3) is 23.7 Å². The molecule has 0 aromatic heterocycles. The Bertz CT molecular complexity index is 1330. The Kier molecular flexibility index (Phi) is 24.9. The van der Waals surface area contributed by atoms with Crippen LogP contribution in [0.25, 0.3) is 0 Å². The minimum atomic E-state index is -5.30. The summed E-state index contributed by atoms with van der Waals surface area (Å²) >= 11 is 0. The summed E-state index contributed by atoms with van der Waals surface area (Å²) in [4.78, 5) is 0. The largest absolute Gasteiger partial charge is 0.419 e. The average Bonchev–Trinajstić information content (AvgIpc) is 3.15. The van der Waals surface area contributed by atoms with Crippen molar-refractivity contribution in [3.8, 4) is 0 Å². The van der Waals surface area contributed by atoms with Gasteiger partial charge in [0.15, 0.2) is 6.17 Å². The van der Waals surface area contributed by atoms with Gasteiger partial charge >= 0.3 is 37.1 Å². The lowest BCUT2D eigenvalue weighted by Gasteiger charge is -2.37. The van der Waals surface area contributed by atoms with Crippen LogP contribution in [0.1, 0.15) is 99.3 Å². The Hall–Kier alpha value is -2.00. The van der Waals surface area contributed by atoms with Crippen molar-refractivity contribution in [2.75, 3.05) is 19.9 Å². The summed E-state index contributed by atoms with van der Waals surface area (Å²) in [5.74, 6) is -33.7. The maximum atomic E-state index is 13.9. The first-order valence-corrected chi connectivity index (χ1v) is 20.1. The highest BCUT2D eigenvalue weighted by molar-refractivity contribution is 4.91. The lowest BCUT2D eigenvalue weighted by atomic mass is 9.73. The monoisotopic (exact) mass is 1060 g/mol. The first-order valence-electron chi connectivity index (χ1n) is 20.1. The van der Waals surface area contributed by atoms with Gasteiger partial charge in [-0.25, -0.2) is 39.5 Å². The van der Waals surface area contributed by atoms with Gasteiger partial charge in [0, 0.05) is 11.8 Å². The Balaban J connectivity index is 0. The molecule has 406 valence electrons. The highest BCUT2D eigenvalue weighted by atomic mass is 19.4. The van der Waals surface area contributed by atoms with Crippen LogP contribution in [-0.4, -0.2) is 86.8 Å². The normalized spacial score (nSPS) is 23.7. The Morgan fingerprint density at radius 3 is 1.01 bits per heavy atom. The molecule has 2 aliphatic rings. The van der Waals surface area contributed by atoms with Crippen molar-refractivity contribution < 1.29 is 128 Å². The van der Waals surface area contributed by atoms with Crippen molar-refractivity contribution in [2.24, 2.45) is 53.3 Å². The van der Waals surface area contributed by atoms with Gasteiger partial charge in [0.1, 0.15) is 36.9 Å². The zero-order valence-electron chi connectivity index (χ0n) is 36.3. The van der Waals surface area contributed by atoms with E-state index >= 15 is 0 Å². The first kappa shape index (κ1) is 67.1. The van der Waals surface area contributed by atoms with E-state index in [2.05, 4.69) is 4.74 Å². The minimum Gasteiger partial charge on any atom is -0.369 e. The van der Waals surface area contributed by atoms with Gasteiger partial charge in [-0.05, 0) is 97.8 Å². The zero-order valence-corrected chi connectivity index (χ0v) is 36.3. The van der Waals surface area contributed by atoms with Gasteiger partial charge in [0.2, 0.25) is 0 Å². The number of hydrogen-bond donors (Lipinski definition) is 0. The molecule has 29 heteroatoms. The van der Waals surface area contributed by atoms with Crippen LogP contribution in [0.2, 0.25) is 0 Å². The quantitative estimate of drug-likeness (QED) is 0.167. The Morgan fingerprint density at radius 1 is 0.403 bits per heavy atom. The van der Waals surface area contributed by atoms with Crippen molar-refractivity contribution >= 4 is 0 Å². The van der Waals surface area contributed by atoms with Crippen LogP contribution in [0.5, 0.6) is 0 Å². The van der Waals surface area contributed by atoms with Crippen LogP contribution in [0.3, 0.4) is 0 Å². The van der Waals surface area contributed by atoms with E-state index in [0.717, 1.165) is 6.92 Å². The predicted molar refractivity (Wildman–Crippen MR) is 185 cm³/mol. The molecular formula is C38H52F28O. The van der Waals surface area contributed by atoms with E-state index in [4.69, 9.17) is 0 Å². The standard InChI is InChI=1S/C14H20F8.C11H16F6.C10H12F10O.C3H4F4/c1-8(13(17,18)19)7-10-3-5-11(6-4-10)12(15,16)9(2)14(20,21)22;1-7(11(15,16)17)10(13,14)9-4-2-3-8(5-9)6-12;1-5(9(15,16)17)7(11,12)3-21-4-8(13,14)6(2)10(18,19)20;1-2(4)3(5,6)7/h8-11H,3-7H2,1-2H3;7-9H,2-6H2,1H3;5-6H,3-4H2,1-2H3;2H,1H3.